The second-order valence-corrected chi connectivity index (χ2v) is 8.53. The largest absolute Gasteiger partial charge is 0.490 e. The summed E-state index contributed by atoms with van der Waals surface area (Å²) in [7, 11) is 0. The summed E-state index contributed by atoms with van der Waals surface area (Å²) in [5.41, 5.74) is 1.38. The molecule has 0 aliphatic heterocycles. The summed E-state index contributed by atoms with van der Waals surface area (Å²) in [6.45, 7) is 4.18. The number of hydrogen-bond donors (Lipinski definition) is 2. The summed E-state index contributed by atoms with van der Waals surface area (Å²) in [5, 5.41) is 5.78. The van der Waals surface area contributed by atoms with Crippen molar-refractivity contribution >= 4 is 23.1 Å². The van der Waals surface area contributed by atoms with E-state index in [0.717, 1.165) is 37.4 Å². The van der Waals surface area contributed by atoms with Crippen molar-refractivity contribution < 1.29 is 17.9 Å². The lowest BCUT2D eigenvalue weighted by Crippen LogP contribution is -2.13. The molecular formula is C25H27F3N4O. The molecule has 5 nitrogen and oxygen atoms in total. The van der Waals surface area contributed by atoms with E-state index in [1.54, 1.807) is 18.2 Å². The fraction of sp³-hybridized carbons (Fsp3) is 0.360. The average molecular weight is 457 g/mol. The molecule has 0 radical (unpaired) electrons. The van der Waals surface area contributed by atoms with Gasteiger partial charge in [-0.1, -0.05) is 32.0 Å². The number of alkyl halides is 3. The Balaban J connectivity index is 1.56. The number of rotatable bonds is 7. The normalized spacial score (nSPS) is 14.5. The fourth-order valence-electron chi connectivity index (χ4n) is 3.81. The van der Waals surface area contributed by atoms with Crippen molar-refractivity contribution in [2.24, 2.45) is 0 Å². The van der Waals surface area contributed by atoms with Gasteiger partial charge in [-0.15, -0.1) is 0 Å². The lowest BCUT2D eigenvalue weighted by molar-refractivity contribution is -0.137. The van der Waals surface area contributed by atoms with E-state index >= 15 is 0 Å². The molecule has 0 bridgehead atoms. The van der Waals surface area contributed by atoms with Crippen LogP contribution in [0.5, 0.6) is 5.75 Å². The zero-order valence-electron chi connectivity index (χ0n) is 18.6. The highest BCUT2D eigenvalue weighted by Crippen LogP contribution is 2.36. The Morgan fingerprint density at radius 1 is 0.970 bits per heavy atom. The van der Waals surface area contributed by atoms with E-state index in [4.69, 9.17) is 4.74 Å². The second-order valence-electron chi connectivity index (χ2n) is 8.53. The smallest absolute Gasteiger partial charge is 0.421 e. The standard InChI is InChI=1S/C25H27F3N4O/c1-16(2)17-10-12-18(13-11-17)31-24-29-15-22(25(26,27)28)23(32-24)30-19-6-5-9-21(14-19)33-20-7-3-4-8-20/h5-6,9-16,20H,3-4,7-8H2,1-2H3,(H2,29,30,31,32). The maximum atomic E-state index is 13.6. The van der Waals surface area contributed by atoms with Crippen molar-refractivity contribution in [2.45, 2.75) is 57.7 Å². The molecule has 0 saturated heterocycles. The van der Waals surface area contributed by atoms with E-state index in [1.807, 2.05) is 30.3 Å². The Morgan fingerprint density at radius 3 is 2.36 bits per heavy atom. The Bertz CT molecular complexity index is 1080. The molecule has 1 heterocycles. The third kappa shape index (κ3) is 5.94. The van der Waals surface area contributed by atoms with Crippen LogP contribution >= 0.6 is 0 Å². The van der Waals surface area contributed by atoms with E-state index in [1.165, 1.54) is 0 Å². The highest BCUT2D eigenvalue weighted by molar-refractivity contribution is 5.64. The number of nitrogens with zero attached hydrogens (tertiary/aromatic N) is 2. The Labute approximate surface area is 191 Å². The van der Waals surface area contributed by atoms with E-state index in [9.17, 15) is 13.2 Å². The Kier molecular flexibility index (Phi) is 6.72. The second kappa shape index (κ2) is 9.68. The van der Waals surface area contributed by atoms with Crippen LogP contribution in [0.1, 0.15) is 56.6 Å². The number of ether oxygens (including phenoxy) is 1. The number of nitrogens with one attached hydrogen (secondary N) is 2. The molecule has 2 aromatic carbocycles. The molecular weight excluding hydrogens is 429 g/mol. The molecule has 0 spiro atoms. The van der Waals surface area contributed by atoms with Gasteiger partial charge in [0.25, 0.3) is 0 Å². The van der Waals surface area contributed by atoms with E-state index < -0.39 is 11.7 Å². The molecule has 1 fully saturated rings. The lowest BCUT2D eigenvalue weighted by Gasteiger charge is -2.17. The van der Waals surface area contributed by atoms with Crippen molar-refractivity contribution in [1.82, 2.24) is 9.97 Å². The minimum atomic E-state index is -4.60. The summed E-state index contributed by atoms with van der Waals surface area (Å²) in [4.78, 5) is 8.01. The molecule has 1 saturated carbocycles. The van der Waals surface area contributed by atoms with Crippen molar-refractivity contribution in [3.8, 4) is 5.75 Å². The van der Waals surface area contributed by atoms with Crippen LogP contribution in [0, 0.1) is 0 Å². The van der Waals surface area contributed by atoms with Crippen LogP contribution in [0.4, 0.5) is 36.3 Å². The van der Waals surface area contributed by atoms with Crippen LogP contribution in [0.3, 0.4) is 0 Å². The molecule has 0 amide bonds. The van der Waals surface area contributed by atoms with Gasteiger partial charge < -0.3 is 15.4 Å². The summed E-state index contributed by atoms with van der Waals surface area (Å²) < 4.78 is 46.8. The molecule has 1 aliphatic rings. The molecule has 1 aliphatic carbocycles. The first-order valence-electron chi connectivity index (χ1n) is 11.1. The third-order valence-corrected chi connectivity index (χ3v) is 5.63. The van der Waals surface area contributed by atoms with Gasteiger partial charge in [0.05, 0.1) is 6.10 Å². The predicted octanol–water partition coefficient (Wildman–Crippen LogP) is 7.43. The van der Waals surface area contributed by atoms with Crippen molar-refractivity contribution in [1.29, 1.82) is 0 Å². The molecule has 1 aromatic heterocycles. The van der Waals surface area contributed by atoms with Crippen LogP contribution in [-0.4, -0.2) is 16.1 Å². The van der Waals surface area contributed by atoms with Crippen LogP contribution in [-0.2, 0) is 6.18 Å². The minimum Gasteiger partial charge on any atom is -0.490 e. The van der Waals surface area contributed by atoms with Crippen LogP contribution in [0.15, 0.2) is 54.7 Å². The Morgan fingerprint density at radius 2 is 1.70 bits per heavy atom. The van der Waals surface area contributed by atoms with Crippen molar-refractivity contribution in [2.75, 3.05) is 10.6 Å². The zero-order chi connectivity index (χ0) is 23.4. The Hall–Kier alpha value is -3.29. The molecule has 174 valence electrons. The van der Waals surface area contributed by atoms with E-state index in [2.05, 4.69) is 34.4 Å². The van der Waals surface area contributed by atoms with Gasteiger partial charge in [-0.3, -0.25) is 0 Å². The molecule has 33 heavy (non-hydrogen) atoms. The number of anilines is 4. The van der Waals surface area contributed by atoms with Gasteiger partial charge in [0.1, 0.15) is 17.1 Å². The first kappa shape index (κ1) is 22.9. The summed E-state index contributed by atoms with van der Waals surface area (Å²) in [5.74, 6) is 0.752. The lowest BCUT2D eigenvalue weighted by atomic mass is 10.0. The maximum Gasteiger partial charge on any atom is 0.421 e. The highest BCUT2D eigenvalue weighted by Gasteiger charge is 2.35. The van der Waals surface area contributed by atoms with E-state index in [0.29, 0.717) is 23.0 Å². The molecule has 4 rings (SSSR count). The van der Waals surface area contributed by atoms with Crippen molar-refractivity contribution in [3.05, 3.63) is 65.9 Å². The maximum absolute atomic E-state index is 13.6. The molecule has 0 atom stereocenters. The SMILES string of the molecule is CC(C)c1ccc(Nc2ncc(C(F)(F)F)c(Nc3cccc(OC4CCCC4)c3)n2)cc1. The summed E-state index contributed by atoms with van der Waals surface area (Å²) in [6, 6.07) is 14.6. The summed E-state index contributed by atoms with van der Waals surface area (Å²) >= 11 is 0. The van der Waals surface area contributed by atoms with Gasteiger partial charge >= 0.3 is 6.18 Å². The van der Waals surface area contributed by atoms with Gasteiger partial charge in [0.2, 0.25) is 5.95 Å². The molecule has 0 unspecified atom stereocenters. The van der Waals surface area contributed by atoms with Gasteiger partial charge in [0.15, 0.2) is 0 Å². The monoisotopic (exact) mass is 456 g/mol. The average Bonchev–Trinajstić information content (AvgIpc) is 3.27. The summed E-state index contributed by atoms with van der Waals surface area (Å²) in [6.07, 6.45) is 0.604. The van der Waals surface area contributed by atoms with Gasteiger partial charge in [0, 0.05) is 23.6 Å². The number of benzene rings is 2. The number of hydrogen-bond acceptors (Lipinski definition) is 5. The highest BCUT2D eigenvalue weighted by atomic mass is 19.4. The van der Waals surface area contributed by atoms with Crippen LogP contribution in [0.25, 0.3) is 0 Å². The van der Waals surface area contributed by atoms with Crippen LogP contribution < -0.4 is 15.4 Å². The first-order valence-corrected chi connectivity index (χ1v) is 11.1. The van der Waals surface area contributed by atoms with Crippen molar-refractivity contribution in [3.63, 3.8) is 0 Å². The topological polar surface area (TPSA) is 59.1 Å². The fourth-order valence-corrected chi connectivity index (χ4v) is 3.81. The quantitative estimate of drug-likeness (QED) is 0.387. The zero-order valence-corrected chi connectivity index (χ0v) is 18.6. The first-order chi connectivity index (χ1) is 15.8. The van der Waals surface area contributed by atoms with Crippen LogP contribution in [0.2, 0.25) is 0 Å². The van der Waals surface area contributed by atoms with Gasteiger partial charge in [-0.05, 0) is 61.4 Å². The molecule has 3 aromatic rings. The van der Waals surface area contributed by atoms with Gasteiger partial charge in [-0.2, -0.15) is 18.2 Å². The number of halogens is 3. The van der Waals surface area contributed by atoms with E-state index in [-0.39, 0.29) is 17.9 Å². The van der Waals surface area contributed by atoms with Gasteiger partial charge in [-0.25, -0.2) is 4.98 Å². The minimum absolute atomic E-state index is 0.0705. The molecule has 2 N–H and O–H groups in total. The predicted molar refractivity (Wildman–Crippen MR) is 123 cm³/mol. The molecule has 8 heteroatoms. The number of aromatic nitrogens is 2. The third-order valence-electron chi connectivity index (χ3n) is 5.63.